The highest BCUT2D eigenvalue weighted by Gasteiger charge is 2.19. The third-order valence-electron chi connectivity index (χ3n) is 4.52. The monoisotopic (exact) mass is 404 g/mol. The fourth-order valence-electron chi connectivity index (χ4n) is 2.82. The van der Waals surface area contributed by atoms with Gasteiger partial charge in [-0.1, -0.05) is 39.0 Å². The quantitative estimate of drug-likeness (QED) is 0.706. The van der Waals surface area contributed by atoms with E-state index in [1.54, 1.807) is 18.4 Å². The van der Waals surface area contributed by atoms with Crippen molar-refractivity contribution in [2.45, 2.75) is 38.6 Å². The number of thiazole rings is 1. The molecule has 2 aromatic rings. The van der Waals surface area contributed by atoms with E-state index in [0.717, 1.165) is 28.4 Å². The molecule has 1 heterocycles. The number of likely N-dealkylation sites (N-methyl/N-ethyl adjacent to an activating group) is 1. The van der Waals surface area contributed by atoms with E-state index in [2.05, 4.69) is 46.7 Å². The van der Waals surface area contributed by atoms with Crippen molar-refractivity contribution < 1.29 is 9.53 Å². The molecule has 2 N–H and O–H groups in total. The maximum absolute atomic E-state index is 12.2. The van der Waals surface area contributed by atoms with Gasteiger partial charge in [-0.15, -0.1) is 11.3 Å². The van der Waals surface area contributed by atoms with Gasteiger partial charge in [0.2, 0.25) is 0 Å². The number of nitrogens with zero attached hydrogens (tertiary/aromatic N) is 2. The van der Waals surface area contributed by atoms with Gasteiger partial charge in [-0.2, -0.15) is 0 Å². The van der Waals surface area contributed by atoms with Crippen LogP contribution in [0.15, 0.2) is 29.6 Å². The number of nitrogens with one attached hydrogen (secondary N) is 2. The van der Waals surface area contributed by atoms with Gasteiger partial charge in [0.15, 0.2) is 0 Å². The lowest BCUT2D eigenvalue weighted by Gasteiger charge is -2.26. The van der Waals surface area contributed by atoms with Crippen LogP contribution in [0.25, 0.3) is 0 Å². The normalized spacial score (nSPS) is 12.7. The van der Waals surface area contributed by atoms with Crippen LogP contribution in [-0.2, 0) is 11.8 Å². The molecule has 0 bridgehead atoms. The smallest absolute Gasteiger partial charge is 0.314 e. The molecule has 2 amide bonds. The van der Waals surface area contributed by atoms with Crippen LogP contribution in [0.5, 0.6) is 5.75 Å². The number of urea groups is 1. The van der Waals surface area contributed by atoms with Gasteiger partial charge in [0.05, 0.1) is 23.9 Å². The summed E-state index contributed by atoms with van der Waals surface area (Å²) in [5.41, 5.74) is 2.20. The molecule has 0 spiro atoms. The first kappa shape index (κ1) is 22.2. The van der Waals surface area contributed by atoms with E-state index in [-0.39, 0.29) is 17.5 Å². The maximum Gasteiger partial charge on any atom is 0.314 e. The van der Waals surface area contributed by atoms with Crippen molar-refractivity contribution in [3.63, 3.8) is 0 Å². The van der Waals surface area contributed by atoms with Gasteiger partial charge in [0.25, 0.3) is 0 Å². The highest BCUT2D eigenvalue weighted by atomic mass is 32.1. The standard InChI is InChI=1S/C21H32N4O2S/c1-21(2,3)18-14-28-19(24-18)11-12-22-20(26)23-13-16(25(4)5)15-9-7-8-10-17(15)27-6/h7-10,14,16H,11-13H2,1-6H3,(H2,22,23,26). The molecule has 0 aliphatic heterocycles. The number of rotatable bonds is 8. The second-order valence-corrected chi connectivity index (χ2v) is 8.93. The summed E-state index contributed by atoms with van der Waals surface area (Å²) in [4.78, 5) is 19.0. The van der Waals surface area contributed by atoms with Crippen LogP contribution in [0, 0.1) is 0 Å². The molecule has 0 fully saturated rings. The molecule has 1 unspecified atom stereocenters. The third-order valence-corrected chi connectivity index (χ3v) is 5.43. The molecule has 0 radical (unpaired) electrons. The van der Waals surface area contributed by atoms with Crippen LogP contribution in [0.2, 0.25) is 0 Å². The second-order valence-electron chi connectivity index (χ2n) is 7.98. The number of para-hydroxylation sites is 1. The Morgan fingerprint density at radius 1 is 1.25 bits per heavy atom. The van der Waals surface area contributed by atoms with E-state index in [1.165, 1.54) is 0 Å². The van der Waals surface area contributed by atoms with Crippen LogP contribution < -0.4 is 15.4 Å². The zero-order valence-corrected chi connectivity index (χ0v) is 18.5. The van der Waals surface area contributed by atoms with Crippen molar-refractivity contribution in [3.8, 4) is 5.75 Å². The van der Waals surface area contributed by atoms with Crippen LogP contribution in [-0.4, -0.2) is 50.2 Å². The van der Waals surface area contributed by atoms with E-state index in [1.807, 2.05) is 38.4 Å². The van der Waals surface area contributed by atoms with Gasteiger partial charge in [-0.05, 0) is 20.2 Å². The number of amides is 2. The second kappa shape index (κ2) is 9.89. The summed E-state index contributed by atoms with van der Waals surface area (Å²) in [5, 5.41) is 9.03. The maximum atomic E-state index is 12.2. The van der Waals surface area contributed by atoms with Crippen molar-refractivity contribution >= 4 is 17.4 Å². The molecule has 0 aliphatic carbocycles. The van der Waals surface area contributed by atoms with Crippen LogP contribution >= 0.6 is 11.3 Å². The van der Waals surface area contributed by atoms with Gasteiger partial charge in [0, 0.05) is 35.9 Å². The molecule has 1 aromatic carbocycles. The average molecular weight is 405 g/mol. The number of carbonyl (C=O) groups is 1. The zero-order valence-electron chi connectivity index (χ0n) is 17.7. The minimum Gasteiger partial charge on any atom is -0.496 e. The Labute approximate surface area is 172 Å². The van der Waals surface area contributed by atoms with E-state index >= 15 is 0 Å². The fraction of sp³-hybridized carbons (Fsp3) is 0.524. The summed E-state index contributed by atoms with van der Waals surface area (Å²) in [6.45, 7) is 7.51. The van der Waals surface area contributed by atoms with Gasteiger partial charge in [0.1, 0.15) is 5.75 Å². The first-order valence-electron chi connectivity index (χ1n) is 9.48. The Morgan fingerprint density at radius 3 is 2.57 bits per heavy atom. The number of aromatic nitrogens is 1. The molecular weight excluding hydrogens is 372 g/mol. The largest absolute Gasteiger partial charge is 0.496 e. The highest BCUT2D eigenvalue weighted by molar-refractivity contribution is 7.09. The van der Waals surface area contributed by atoms with Crippen LogP contribution in [0.4, 0.5) is 4.79 Å². The zero-order chi connectivity index (χ0) is 20.7. The SMILES string of the molecule is COc1ccccc1C(CNC(=O)NCCc1nc(C(C)(C)C)cs1)N(C)C. The molecule has 154 valence electrons. The molecule has 2 rings (SSSR count). The number of ether oxygens (including phenoxy) is 1. The molecular formula is C21H32N4O2S. The molecule has 0 saturated carbocycles. The molecule has 6 nitrogen and oxygen atoms in total. The summed E-state index contributed by atoms with van der Waals surface area (Å²) in [6, 6.07) is 7.74. The van der Waals surface area contributed by atoms with Gasteiger partial charge < -0.3 is 20.3 Å². The molecule has 1 aromatic heterocycles. The van der Waals surface area contributed by atoms with Crippen molar-refractivity contribution in [2.75, 3.05) is 34.3 Å². The minimum atomic E-state index is -0.172. The lowest BCUT2D eigenvalue weighted by atomic mass is 9.93. The summed E-state index contributed by atoms with van der Waals surface area (Å²) < 4.78 is 5.46. The number of hydrogen-bond donors (Lipinski definition) is 2. The first-order chi connectivity index (χ1) is 13.2. The van der Waals surface area contributed by atoms with E-state index in [9.17, 15) is 4.79 Å². The minimum absolute atomic E-state index is 0.0233. The summed E-state index contributed by atoms with van der Waals surface area (Å²) >= 11 is 1.65. The van der Waals surface area contributed by atoms with Crippen LogP contribution in [0.1, 0.15) is 43.1 Å². The topological polar surface area (TPSA) is 66.5 Å². The van der Waals surface area contributed by atoms with Crippen molar-refractivity contribution in [1.82, 2.24) is 20.5 Å². The fourth-order valence-corrected chi connectivity index (χ4v) is 3.84. The van der Waals surface area contributed by atoms with Crippen molar-refractivity contribution in [1.29, 1.82) is 0 Å². The Hall–Kier alpha value is -2.12. The van der Waals surface area contributed by atoms with Gasteiger partial charge in [-0.3, -0.25) is 0 Å². The summed E-state index contributed by atoms with van der Waals surface area (Å²) in [7, 11) is 5.65. The third kappa shape index (κ3) is 6.21. The summed E-state index contributed by atoms with van der Waals surface area (Å²) in [6.07, 6.45) is 0.734. The predicted octanol–water partition coefficient (Wildman–Crippen LogP) is 3.59. The van der Waals surface area contributed by atoms with E-state index < -0.39 is 0 Å². The lowest BCUT2D eigenvalue weighted by molar-refractivity contribution is 0.232. The summed E-state index contributed by atoms with van der Waals surface area (Å²) in [5.74, 6) is 0.821. The molecule has 0 aliphatic rings. The molecule has 7 heteroatoms. The Balaban J connectivity index is 1.84. The molecule has 0 saturated heterocycles. The van der Waals surface area contributed by atoms with Crippen LogP contribution in [0.3, 0.4) is 0 Å². The van der Waals surface area contributed by atoms with Gasteiger partial charge in [-0.25, -0.2) is 9.78 Å². The van der Waals surface area contributed by atoms with Crippen molar-refractivity contribution in [2.24, 2.45) is 0 Å². The molecule has 28 heavy (non-hydrogen) atoms. The van der Waals surface area contributed by atoms with E-state index in [4.69, 9.17) is 4.74 Å². The van der Waals surface area contributed by atoms with Crippen molar-refractivity contribution in [3.05, 3.63) is 45.9 Å². The molecule has 1 atom stereocenters. The Kier molecular flexibility index (Phi) is 7.83. The predicted molar refractivity (Wildman–Crippen MR) is 115 cm³/mol. The number of carbonyl (C=O) groups excluding carboxylic acids is 1. The number of benzene rings is 1. The number of hydrogen-bond acceptors (Lipinski definition) is 5. The van der Waals surface area contributed by atoms with Gasteiger partial charge >= 0.3 is 6.03 Å². The first-order valence-corrected chi connectivity index (χ1v) is 10.4. The van der Waals surface area contributed by atoms with E-state index in [0.29, 0.717) is 13.1 Å². The number of methoxy groups -OCH3 is 1. The Bertz CT molecular complexity index is 768. The lowest BCUT2D eigenvalue weighted by Crippen LogP contribution is -2.41. The average Bonchev–Trinajstić information content (AvgIpc) is 3.11. The highest BCUT2D eigenvalue weighted by Crippen LogP contribution is 2.27. The Morgan fingerprint density at radius 2 is 1.96 bits per heavy atom.